The third-order valence-electron chi connectivity index (χ3n) is 10.1. The van der Waals surface area contributed by atoms with Crippen molar-refractivity contribution in [1.29, 1.82) is 0 Å². The van der Waals surface area contributed by atoms with Gasteiger partial charge < -0.3 is 19.9 Å². The Morgan fingerprint density at radius 2 is 1.69 bits per heavy atom. The summed E-state index contributed by atoms with van der Waals surface area (Å²) in [6.07, 6.45) is -0.979. The van der Waals surface area contributed by atoms with Gasteiger partial charge >= 0.3 is 12.1 Å². The van der Waals surface area contributed by atoms with Gasteiger partial charge in [0.05, 0.1) is 36.2 Å². The number of ketones is 1. The van der Waals surface area contributed by atoms with E-state index in [0.717, 1.165) is 52.4 Å². The number of hydrogen-bond donors (Lipinski definition) is 2. The standard InChI is InChI=1S/C40H41ClF3N3O5/c1-51-38-25(6-3-11-36(49)50)19-33(40(42,43)44)35(47-38)20-24-13-16-30-28(24)7-4-8-29(30)31-9-5-10-32(37(31)41)34-17-14-26(39(46-34)52-2)22-45-21-23-12-15-27(48)18-23/h4-5,7-10,14,17,19,23-24,45H,3,6,11-13,15-16,18,20-22H2,1-2H3,(H,49,50)/t23-,24-/m1/s1. The Bertz CT molecular complexity index is 1970. The number of Topliss-reactive ketones (excluding diaryl/α,β-unsaturated/α-hetero) is 1. The van der Waals surface area contributed by atoms with Crippen LogP contribution in [0.2, 0.25) is 5.02 Å². The Balaban J connectivity index is 1.25. The number of benzene rings is 2. The van der Waals surface area contributed by atoms with Crippen LogP contribution in [0.25, 0.3) is 22.4 Å². The summed E-state index contributed by atoms with van der Waals surface area (Å²) in [6, 6.07) is 16.5. The fourth-order valence-electron chi connectivity index (χ4n) is 7.54. The normalized spacial score (nSPS) is 17.0. The van der Waals surface area contributed by atoms with Crippen LogP contribution in [0.1, 0.15) is 78.0 Å². The van der Waals surface area contributed by atoms with Gasteiger partial charge in [-0.1, -0.05) is 54.1 Å². The molecular weight excluding hydrogens is 695 g/mol. The molecule has 0 aliphatic heterocycles. The molecule has 1 fully saturated rings. The molecule has 0 amide bonds. The lowest BCUT2D eigenvalue weighted by Crippen LogP contribution is -2.21. The van der Waals surface area contributed by atoms with Crippen molar-refractivity contribution in [2.24, 2.45) is 5.92 Å². The van der Waals surface area contributed by atoms with Crippen molar-refractivity contribution in [3.8, 4) is 34.1 Å². The zero-order valence-corrected chi connectivity index (χ0v) is 29.9. The van der Waals surface area contributed by atoms with Crippen molar-refractivity contribution in [2.75, 3.05) is 20.8 Å². The van der Waals surface area contributed by atoms with Gasteiger partial charge in [0.15, 0.2) is 0 Å². The monoisotopic (exact) mass is 735 g/mol. The lowest BCUT2D eigenvalue weighted by Gasteiger charge is -2.19. The van der Waals surface area contributed by atoms with Crippen molar-refractivity contribution < 1.29 is 37.3 Å². The van der Waals surface area contributed by atoms with E-state index in [1.54, 1.807) is 7.11 Å². The van der Waals surface area contributed by atoms with E-state index in [1.807, 2.05) is 48.5 Å². The van der Waals surface area contributed by atoms with Crippen molar-refractivity contribution >= 4 is 23.4 Å². The molecule has 0 bridgehead atoms. The summed E-state index contributed by atoms with van der Waals surface area (Å²) in [6.45, 7) is 1.30. The van der Waals surface area contributed by atoms with E-state index in [-0.39, 0.29) is 48.7 Å². The highest BCUT2D eigenvalue weighted by molar-refractivity contribution is 6.36. The number of alkyl halides is 3. The molecule has 2 aliphatic rings. The zero-order chi connectivity index (χ0) is 37.0. The van der Waals surface area contributed by atoms with E-state index in [2.05, 4.69) is 10.3 Å². The van der Waals surface area contributed by atoms with Gasteiger partial charge in [0.2, 0.25) is 11.8 Å². The number of carbonyl (C=O) groups excluding carboxylic acids is 1. The molecule has 2 N–H and O–H groups in total. The van der Waals surface area contributed by atoms with Crippen LogP contribution in [0.5, 0.6) is 11.8 Å². The zero-order valence-electron chi connectivity index (χ0n) is 29.1. The number of aromatic nitrogens is 2. The number of methoxy groups -OCH3 is 2. The summed E-state index contributed by atoms with van der Waals surface area (Å²) < 4.78 is 54.1. The number of carboxylic acid groups (broad SMARTS) is 1. The van der Waals surface area contributed by atoms with E-state index >= 15 is 0 Å². The Morgan fingerprint density at radius 3 is 2.40 bits per heavy atom. The molecule has 2 aliphatic carbocycles. The number of carboxylic acids is 1. The van der Waals surface area contributed by atoms with Crippen LogP contribution in [-0.2, 0) is 41.6 Å². The molecule has 8 nitrogen and oxygen atoms in total. The number of hydrogen-bond acceptors (Lipinski definition) is 7. The highest BCUT2D eigenvalue weighted by atomic mass is 35.5. The number of aryl methyl sites for hydroxylation is 1. The van der Waals surface area contributed by atoms with Gasteiger partial charge in [-0.25, -0.2) is 9.97 Å². The minimum Gasteiger partial charge on any atom is -0.481 e. The molecule has 0 saturated heterocycles. The van der Waals surface area contributed by atoms with Gasteiger partial charge in [-0.15, -0.1) is 0 Å². The SMILES string of the molecule is COc1nc(-c2cccc(-c3cccc4c3CC[C@@H]4Cc3nc(OC)c(CCCC(=O)O)cc3C(F)(F)F)c2Cl)ccc1CNC[C@@H]1CCC(=O)C1. The van der Waals surface area contributed by atoms with Crippen molar-refractivity contribution in [3.05, 3.63) is 93.1 Å². The Labute approximate surface area is 305 Å². The largest absolute Gasteiger partial charge is 0.481 e. The predicted molar refractivity (Wildman–Crippen MR) is 192 cm³/mol. The average Bonchev–Trinajstić information content (AvgIpc) is 3.73. The summed E-state index contributed by atoms with van der Waals surface area (Å²) in [5, 5.41) is 12.9. The van der Waals surface area contributed by atoms with Crippen LogP contribution in [0.4, 0.5) is 13.2 Å². The van der Waals surface area contributed by atoms with Crippen LogP contribution in [0.3, 0.4) is 0 Å². The topological polar surface area (TPSA) is 111 Å². The molecule has 52 heavy (non-hydrogen) atoms. The molecule has 1 saturated carbocycles. The van der Waals surface area contributed by atoms with E-state index in [4.69, 9.17) is 31.2 Å². The Hall–Kier alpha value is -4.48. The summed E-state index contributed by atoms with van der Waals surface area (Å²) >= 11 is 7.12. The smallest absolute Gasteiger partial charge is 0.418 e. The molecule has 2 atom stereocenters. The highest BCUT2D eigenvalue weighted by Gasteiger charge is 2.37. The van der Waals surface area contributed by atoms with Gasteiger partial charge in [0.1, 0.15) is 5.78 Å². The van der Waals surface area contributed by atoms with Gasteiger partial charge in [0, 0.05) is 48.1 Å². The number of pyridine rings is 2. The first-order chi connectivity index (χ1) is 25.0. The molecule has 2 heterocycles. The number of nitrogens with one attached hydrogen (secondary N) is 1. The quantitative estimate of drug-likeness (QED) is 0.133. The number of aliphatic carboxylic acids is 1. The maximum Gasteiger partial charge on any atom is 0.418 e. The van der Waals surface area contributed by atoms with E-state index in [1.165, 1.54) is 7.11 Å². The first-order valence-corrected chi connectivity index (χ1v) is 17.9. The van der Waals surface area contributed by atoms with Crippen molar-refractivity contribution in [3.63, 3.8) is 0 Å². The van der Waals surface area contributed by atoms with Crippen LogP contribution in [-0.4, -0.2) is 47.6 Å². The van der Waals surface area contributed by atoms with Crippen molar-refractivity contribution in [2.45, 2.75) is 76.4 Å². The number of ether oxygens (including phenoxy) is 2. The number of carbonyl (C=O) groups is 2. The van der Waals surface area contributed by atoms with Gasteiger partial charge in [0.25, 0.3) is 0 Å². The lowest BCUT2D eigenvalue weighted by molar-refractivity contribution is -0.139. The minimum absolute atomic E-state index is 0.0640. The molecule has 2 aromatic heterocycles. The third-order valence-corrected chi connectivity index (χ3v) is 10.5. The predicted octanol–water partition coefficient (Wildman–Crippen LogP) is 8.64. The minimum atomic E-state index is -4.64. The molecular formula is C40H41ClF3N3O5. The second-order valence-electron chi connectivity index (χ2n) is 13.5. The van der Waals surface area contributed by atoms with Crippen molar-refractivity contribution in [1.82, 2.24) is 15.3 Å². The number of halogens is 4. The molecule has 274 valence electrons. The summed E-state index contributed by atoms with van der Waals surface area (Å²) in [5.41, 5.74) is 5.29. The first-order valence-electron chi connectivity index (χ1n) is 17.5. The molecule has 0 spiro atoms. The fraction of sp³-hybridized carbons (Fsp3) is 0.400. The van der Waals surface area contributed by atoms with Gasteiger partial charge in [-0.2, -0.15) is 13.2 Å². The lowest BCUT2D eigenvalue weighted by atomic mass is 9.90. The number of fused-ring (bicyclic) bond motifs is 1. The van der Waals surface area contributed by atoms with E-state index in [0.29, 0.717) is 60.5 Å². The van der Waals surface area contributed by atoms with Gasteiger partial charge in [-0.3, -0.25) is 9.59 Å². The van der Waals surface area contributed by atoms with Crippen LogP contribution >= 0.6 is 11.6 Å². The first kappa shape index (κ1) is 37.3. The fourth-order valence-corrected chi connectivity index (χ4v) is 7.87. The maximum absolute atomic E-state index is 14.4. The summed E-state index contributed by atoms with van der Waals surface area (Å²) in [5.74, 6) is 0.0114. The molecule has 4 aromatic rings. The van der Waals surface area contributed by atoms with E-state index < -0.39 is 17.7 Å². The molecule has 2 aromatic carbocycles. The summed E-state index contributed by atoms with van der Waals surface area (Å²) in [4.78, 5) is 31.7. The molecule has 0 unspecified atom stereocenters. The Morgan fingerprint density at radius 1 is 0.962 bits per heavy atom. The van der Waals surface area contributed by atoms with Gasteiger partial charge in [-0.05, 0) is 85.7 Å². The molecule has 12 heteroatoms. The second-order valence-corrected chi connectivity index (χ2v) is 13.9. The molecule has 0 radical (unpaired) electrons. The number of rotatable bonds is 14. The average molecular weight is 736 g/mol. The summed E-state index contributed by atoms with van der Waals surface area (Å²) in [7, 11) is 2.93. The number of nitrogens with zero attached hydrogens (tertiary/aromatic N) is 2. The second kappa shape index (κ2) is 16.0. The van der Waals surface area contributed by atoms with Crippen LogP contribution in [0.15, 0.2) is 54.6 Å². The molecule has 6 rings (SSSR count). The highest BCUT2D eigenvalue weighted by Crippen LogP contribution is 2.45. The van der Waals surface area contributed by atoms with Crippen LogP contribution < -0.4 is 14.8 Å². The van der Waals surface area contributed by atoms with Crippen LogP contribution in [0, 0.1) is 5.92 Å². The Kier molecular flexibility index (Phi) is 11.5. The third kappa shape index (κ3) is 8.26. The van der Waals surface area contributed by atoms with E-state index in [9.17, 15) is 22.8 Å². The maximum atomic E-state index is 14.4.